The normalized spacial score (nSPS) is 9.70. The average molecular weight is 143 g/mol. The molecule has 0 unspecified atom stereocenters. The van der Waals surface area contributed by atoms with Crippen molar-refractivity contribution in [2.24, 2.45) is 5.92 Å². The lowest BCUT2D eigenvalue weighted by Crippen LogP contribution is -2.29. The number of hydrogen-bond acceptors (Lipinski definition) is 3. The third-order valence-electron chi connectivity index (χ3n) is 1.05. The van der Waals surface area contributed by atoms with Crippen molar-refractivity contribution in [3.8, 4) is 0 Å². The smallest absolute Gasteiger partial charge is 0.422 e. The van der Waals surface area contributed by atoms with E-state index in [2.05, 4.69) is 11.9 Å². The minimum atomic E-state index is -1.45. The highest BCUT2D eigenvalue weighted by Gasteiger charge is 2.10. The van der Waals surface area contributed by atoms with Crippen LogP contribution in [-0.2, 0) is 0 Å². The second kappa shape index (κ2) is 4.36. The Morgan fingerprint density at radius 1 is 1.60 bits per heavy atom. The lowest BCUT2D eigenvalue weighted by atomic mass is 9.87. The highest BCUT2D eigenvalue weighted by atomic mass is 16.4. The Morgan fingerprint density at radius 3 is 2.40 bits per heavy atom. The number of hydrogen-bond donors (Lipinski definition) is 3. The SMILES string of the molecule is C=C(NCC(C)C)B(O)O. The van der Waals surface area contributed by atoms with Crippen LogP contribution < -0.4 is 5.32 Å². The van der Waals surface area contributed by atoms with E-state index in [0.717, 1.165) is 6.54 Å². The molecule has 3 N–H and O–H groups in total. The van der Waals surface area contributed by atoms with Gasteiger partial charge < -0.3 is 15.4 Å². The number of nitrogens with one attached hydrogen (secondary N) is 1. The van der Waals surface area contributed by atoms with Gasteiger partial charge in [0.1, 0.15) is 0 Å². The molecule has 58 valence electrons. The maximum Gasteiger partial charge on any atom is 0.504 e. The lowest BCUT2D eigenvalue weighted by Gasteiger charge is -2.09. The highest BCUT2D eigenvalue weighted by molar-refractivity contribution is 6.50. The van der Waals surface area contributed by atoms with Crippen LogP contribution in [0.2, 0.25) is 0 Å². The Hall–Kier alpha value is -0.475. The summed E-state index contributed by atoms with van der Waals surface area (Å²) in [6.45, 7) is 8.20. The van der Waals surface area contributed by atoms with Gasteiger partial charge in [0, 0.05) is 12.1 Å². The van der Waals surface area contributed by atoms with E-state index in [-0.39, 0.29) is 5.60 Å². The van der Waals surface area contributed by atoms with E-state index in [1.54, 1.807) is 0 Å². The van der Waals surface area contributed by atoms with Crippen molar-refractivity contribution >= 4 is 7.12 Å². The monoisotopic (exact) mass is 143 g/mol. The first-order valence-corrected chi connectivity index (χ1v) is 3.33. The molecule has 0 amide bonds. The van der Waals surface area contributed by atoms with Crippen LogP contribution in [0.3, 0.4) is 0 Å². The van der Waals surface area contributed by atoms with Gasteiger partial charge in [-0.25, -0.2) is 0 Å². The van der Waals surface area contributed by atoms with Crippen molar-refractivity contribution in [3.05, 3.63) is 12.2 Å². The largest absolute Gasteiger partial charge is 0.504 e. The van der Waals surface area contributed by atoms with Crippen LogP contribution in [0, 0.1) is 5.92 Å². The summed E-state index contributed by atoms with van der Waals surface area (Å²) in [5, 5.41) is 19.8. The molecular weight excluding hydrogens is 129 g/mol. The summed E-state index contributed by atoms with van der Waals surface area (Å²) in [6.07, 6.45) is 0. The fraction of sp³-hybridized carbons (Fsp3) is 0.667. The number of rotatable bonds is 4. The molecule has 0 aliphatic heterocycles. The molecule has 4 heteroatoms. The summed E-state index contributed by atoms with van der Waals surface area (Å²) in [5.41, 5.74) is 0.258. The van der Waals surface area contributed by atoms with Crippen LogP contribution >= 0.6 is 0 Å². The van der Waals surface area contributed by atoms with Gasteiger partial charge in [-0.1, -0.05) is 20.4 Å². The minimum Gasteiger partial charge on any atom is -0.422 e. The van der Waals surface area contributed by atoms with Crippen LogP contribution in [-0.4, -0.2) is 23.7 Å². The molecule has 0 aromatic heterocycles. The molecule has 0 aromatic carbocycles. The quantitative estimate of drug-likeness (QED) is 0.476. The van der Waals surface area contributed by atoms with E-state index < -0.39 is 7.12 Å². The Bertz CT molecular complexity index is 114. The zero-order valence-electron chi connectivity index (χ0n) is 6.46. The van der Waals surface area contributed by atoms with Crippen molar-refractivity contribution in [3.63, 3.8) is 0 Å². The molecule has 0 aliphatic rings. The maximum absolute atomic E-state index is 8.53. The Labute approximate surface area is 61.9 Å². The third-order valence-corrected chi connectivity index (χ3v) is 1.05. The first-order chi connectivity index (χ1) is 4.54. The topological polar surface area (TPSA) is 52.5 Å². The van der Waals surface area contributed by atoms with Crippen molar-refractivity contribution in [2.45, 2.75) is 13.8 Å². The molecule has 0 aromatic rings. The van der Waals surface area contributed by atoms with Gasteiger partial charge in [-0.3, -0.25) is 0 Å². The second-order valence-corrected chi connectivity index (χ2v) is 2.67. The van der Waals surface area contributed by atoms with Gasteiger partial charge in [0.2, 0.25) is 0 Å². The third kappa shape index (κ3) is 4.41. The molecule has 0 saturated heterocycles. The fourth-order valence-electron chi connectivity index (χ4n) is 0.427. The van der Waals surface area contributed by atoms with E-state index in [4.69, 9.17) is 10.0 Å². The van der Waals surface area contributed by atoms with E-state index in [9.17, 15) is 0 Å². The highest BCUT2D eigenvalue weighted by Crippen LogP contribution is 1.91. The maximum atomic E-state index is 8.53. The fourth-order valence-corrected chi connectivity index (χ4v) is 0.427. The van der Waals surface area contributed by atoms with Gasteiger partial charge in [0.05, 0.1) is 0 Å². The first kappa shape index (κ1) is 9.52. The van der Waals surface area contributed by atoms with Gasteiger partial charge in [-0.15, -0.1) is 0 Å². The van der Waals surface area contributed by atoms with Crippen molar-refractivity contribution < 1.29 is 10.0 Å². The molecule has 0 rings (SSSR count). The predicted octanol–water partition coefficient (Wildman–Crippen LogP) is -0.242. The van der Waals surface area contributed by atoms with Crippen LogP contribution in [0.4, 0.5) is 0 Å². The van der Waals surface area contributed by atoms with Crippen LogP contribution in [0.25, 0.3) is 0 Å². The van der Waals surface area contributed by atoms with E-state index >= 15 is 0 Å². The van der Waals surface area contributed by atoms with Crippen molar-refractivity contribution in [2.75, 3.05) is 6.54 Å². The summed E-state index contributed by atoms with van der Waals surface area (Å²) in [5.74, 6) is 0.482. The summed E-state index contributed by atoms with van der Waals surface area (Å²) in [7, 11) is -1.45. The Morgan fingerprint density at radius 2 is 2.10 bits per heavy atom. The molecule has 0 saturated carbocycles. The predicted molar refractivity (Wildman–Crippen MR) is 42.2 cm³/mol. The molecule has 0 heterocycles. The molecule has 0 spiro atoms. The minimum absolute atomic E-state index is 0.258. The second-order valence-electron chi connectivity index (χ2n) is 2.67. The molecule has 0 atom stereocenters. The summed E-state index contributed by atoms with van der Waals surface area (Å²) >= 11 is 0. The average Bonchev–Trinajstić information content (AvgIpc) is 1.82. The van der Waals surface area contributed by atoms with Crippen molar-refractivity contribution in [1.29, 1.82) is 0 Å². The molecule has 0 radical (unpaired) electrons. The van der Waals surface area contributed by atoms with Crippen LogP contribution in [0.1, 0.15) is 13.8 Å². The van der Waals surface area contributed by atoms with Crippen LogP contribution in [0.5, 0.6) is 0 Å². The van der Waals surface area contributed by atoms with Gasteiger partial charge in [0.15, 0.2) is 0 Å². The van der Waals surface area contributed by atoms with Gasteiger partial charge in [0.25, 0.3) is 0 Å². The zero-order chi connectivity index (χ0) is 8.15. The van der Waals surface area contributed by atoms with Gasteiger partial charge in [-0.2, -0.15) is 0 Å². The van der Waals surface area contributed by atoms with E-state index in [0.29, 0.717) is 5.92 Å². The van der Waals surface area contributed by atoms with E-state index in [1.807, 2.05) is 13.8 Å². The zero-order valence-corrected chi connectivity index (χ0v) is 6.46. The molecule has 0 bridgehead atoms. The van der Waals surface area contributed by atoms with Crippen LogP contribution in [0.15, 0.2) is 12.2 Å². The molecule has 0 aliphatic carbocycles. The molecule has 0 fully saturated rings. The van der Waals surface area contributed by atoms with E-state index in [1.165, 1.54) is 0 Å². The molecule has 10 heavy (non-hydrogen) atoms. The summed E-state index contributed by atoms with van der Waals surface area (Å²) < 4.78 is 0. The lowest BCUT2D eigenvalue weighted by molar-refractivity contribution is 0.412. The molecule has 3 nitrogen and oxygen atoms in total. The molecular formula is C6H14BNO2. The first-order valence-electron chi connectivity index (χ1n) is 3.33. The van der Waals surface area contributed by atoms with Gasteiger partial charge >= 0.3 is 7.12 Å². The standard InChI is InChI=1S/C6H14BNO2/c1-5(2)4-8-6(3)7(9)10/h5,8-10H,3-4H2,1-2H3. The summed E-state index contributed by atoms with van der Waals surface area (Å²) in [4.78, 5) is 0. The van der Waals surface area contributed by atoms with Crippen molar-refractivity contribution in [1.82, 2.24) is 5.32 Å². The van der Waals surface area contributed by atoms with Gasteiger partial charge in [-0.05, 0) is 5.92 Å². The summed E-state index contributed by atoms with van der Waals surface area (Å²) in [6, 6.07) is 0. The Kier molecular flexibility index (Phi) is 4.15. The Balaban J connectivity index is 3.40.